The summed E-state index contributed by atoms with van der Waals surface area (Å²) < 4.78 is 0. The first-order valence-electron chi connectivity index (χ1n) is 9.81. The van der Waals surface area contributed by atoms with Crippen LogP contribution in [0.4, 0.5) is 5.95 Å². The number of hydrogen-bond acceptors (Lipinski definition) is 6. The molecule has 0 atom stereocenters. The molecule has 2 aromatic rings. The van der Waals surface area contributed by atoms with Crippen molar-refractivity contribution < 1.29 is 0 Å². The number of nitrogens with one attached hydrogen (secondary N) is 2. The van der Waals surface area contributed by atoms with Gasteiger partial charge in [0.2, 0.25) is 5.95 Å². The Morgan fingerprint density at radius 2 is 1.89 bits per heavy atom. The number of guanidine groups is 1. The molecule has 2 N–H and O–H groups in total. The molecule has 0 unspecified atom stereocenters. The molecule has 0 aromatic carbocycles. The molecule has 28 heavy (non-hydrogen) atoms. The highest BCUT2D eigenvalue weighted by molar-refractivity contribution is 7.10. The predicted octanol–water partition coefficient (Wildman–Crippen LogP) is 1.80. The summed E-state index contributed by atoms with van der Waals surface area (Å²) in [7, 11) is 1.83. The van der Waals surface area contributed by atoms with Crippen LogP contribution in [0.5, 0.6) is 0 Å². The second kappa shape index (κ2) is 9.84. The van der Waals surface area contributed by atoms with Gasteiger partial charge in [0.25, 0.3) is 0 Å². The van der Waals surface area contributed by atoms with E-state index in [0.717, 1.165) is 57.7 Å². The number of thiophene rings is 1. The minimum Gasteiger partial charge on any atom is -0.356 e. The van der Waals surface area contributed by atoms with E-state index in [1.165, 1.54) is 4.88 Å². The summed E-state index contributed by atoms with van der Waals surface area (Å²) in [6.07, 6.45) is 3.61. The molecule has 0 radical (unpaired) electrons. The minimum atomic E-state index is 0.0849. The topological polar surface area (TPSA) is 68.7 Å². The van der Waals surface area contributed by atoms with Gasteiger partial charge in [0, 0.05) is 75.5 Å². The molecular formula is C20H31N7S. The number of anilines is 1. The van der Waals surface area contributed by atoms with E-state index in [-0.39, 0.29) is 5.41 Å². The minimum absolute atomic E-state index is 0.0849. The van der Waals surface area contributed by atoms with Gasteiger partial charge in [-0.25, -0.2) is 9.97 Å². The molecule has 7 nitrogen and oxygen atoms in total. The van der Waals surface area contributed by atoms with E-state index in [2.05, 4.69) is 66.8 Å². The van der Waals surface area contributed by atoms with Crippen LogP contribution in [0.3, 0.4) is 0 Å². The largest absolute Gasteiger partial charge is 0.356 e. The Bertz CT molecular complexity index is 722. The second-order valence-corrected chi connectivity index (χ2v) is 8.54. The van der Waals surface area contributed by atoms with Crippen LogP contribution < -0.4 is 15.5 Å². The van der Waals surface area contributed by atoms with Crippen LogP contribution in [0.15, 0.2) is 41.0 Å². The molecule has 0 amide bonds. The number of rotatable bonds is 7. The van der Waals surface area contributed by atoms with E-state index >= 15 is 0 Å². The Morgan fingerprint density at radius 3 is 2.54 bits per heavy atom. The van der Waals surface area contributed by atoms with Crippen LogP contribution >= 0.6 is 11.3 Å². The summed E-state index contributed by atoms with van der Waals surface area (Å²) in [4.78, 5) is 19.1. The van der Waals surface area contributed by atoms with Crippen molar-refractivity contribution in [2.24, 2.45) is 4.99 Å². The van der Waals surface area contributed by atoms with Crippen molar-refractivity contribution in [1.29, 1.82) is 0 Å². The maximum Gasteiger partial charge on any atom is 0.225 e. The SMILES string of the molecule is CN=C(NCCN1CCN(c2ncccn2)CC1)NCC(C)(C)c1cccs1. The van der Waals surface area contributed by atoms with Crippen molar-refractivity contribution in [3.8, 4) is 0 Å². The third kappa shape index (κ3) is 5.65. The van der Waals surface area contributed by atoms with Crippen LogP contribution in [0, 0.1) is 0 Å². The number of hydrogen-bond donors (Lipinski definition) is 2. The highest BCUT2D eigenvalue weighted by Crippen LogP contribution is 2.26. The Kier molecular flexibility index (Phi) is 7.22. The molecule has 3 rings (SSSR count). The van der Waals surface area contributed by atoms with Gasteiger partial charge in [-0.05, 0) is 17.5 Å². The lowest BCUT2D eigenvalue weighted by Gasteiger charge is -2.34. The fourth-order valence-electron chi connectivity index (χ4n) is 3.23. The van der Waals surface area contributed by atoms with Gasteiger partial charge in [-0.1, -0.05) is 19.9 Å². The van der Waals surface area contributed by atoms with Gasteiger partial charge in [0.15, 0.2) is 5.96 Å². The Morgan fingerprint density at radius 1 is 1.14 bits per heavy atom. The summed E-state index contributed by atoms with van der Waals surface area (Å²) in [5.74, 6) is 1.69. The quantitative estimate of drug-likeness (QED) is 0.545. The highest BCUT2D eigenvalue weighted by Gasteiger charge is 2.22. The number of aromatic nitrogens is 2. The average molecular weight is 402 g/mol. The summed E-state index contributed by atoms with van der Waals surface area (Å²) in [5.41, 5.74) is 0.0849. The molecule has 0 spiro atoms. The van der Waals surface area contributed by atoms with Crippen molar-refractivity contribution in [3.05, 3.63) is 40.8 Å². The lowest BCUT2D eigenvalue weighted by molar-refractivity contribution is 0.260. The van der Waals surface area contributed by atoms with Crippen molar-refractivity contribution in [2.75, 3.05) is 57.8 Å². The van der Waals surface area contributed by atoms with Gasteiger partial charge < -0.3 is 15.5 Å². The highest BCUT2D eigenvalue weighted by atomic mass is 32.1. The predicted molar refractivity (Wildman–Crippen MR) is 117 cm³/mol. The van der Waals surface area contributed by atoms with Crippen LogP contribution in [0.25, 0.3) is 0 Å². The molecule has 1 saturated heterocycles. The van der Waals surface area contributed by atoms with Crippen molar-refractivity contribution in [3.63, 3.8) is 0 Å². The van der Waals surface area contributed by atoms with E-state index < -0.39 is 0 Å². The molecule has 2 aromatic heterocycles. The van der Waals surface area contributed by atoms with E-state index in [1.807, 2.05) is 13.1 Å². The molecule has 0 saturated carbocycles. The molecule has 8 heteroatoms. The molecule has 0 aliphatic carbocycles. The molecule has 1 aliphatic rings. The summed E-state index contributed by atoms with van der Waals surface area (Å²) >= 11 is 1.80. The second-order valence-electron chi connectivity index (χ2n) is 7.59. The maximum absolute atomic E-state index is 4.36. The molecular weight excluding hydrogens is 370 g/mol. The first-order chi connectivity index (χ1) is 13.6. The van der Waals surface area contributed by atoms with Crippen molar-refractivity contribution in [1.82, 2.24) is 25.5 Å². The summed E-state index contributed by atoms with van der Waals surface area (Å²) in [6.45, 7) is 11.2. The lowest BCUT2D eigenvalue weighted by atomic mass is 9.91. The average Bonchev–Trinajstić information content (AvgIpc) is 3.28. The van der Waals surface area contributed by atoms with Crippen LogP contribution in [-0.2, 0) is 5.41 Å². The molecule has 3 heterocycles. The Balaban J connectivity index is 1.36. The zero-order chi connectivity index (χ0) is 19.8. The van der Waals surface area contributed by atoms with E-state index in [4.69, 9.17) is 0 Å². The fraction of sp³-hybridized carbons (Fsp3) is 0.550. The Labute approximate surface area is 171 Å². The standard InChI is InChI=1S/C20H31N7S/c1-20(2,17-6-4-15-28-17)16-25-18(21-3)22-9-10-26-11-13-27(14-12-26)19-23-7-5-8-24-19/h4-8,15H,9-14,16H2,1-3H3,(H2,21,22,25). The van der Waals surface area contributed by atoms with Crippen molar-refractivity contribution in [2.45, 2.75) is 19.3 Å². The van der Waals surface area contributed by atoms with E-state index in [1.54, 1.807) is 23.7 Å². The zero-order valence-corrected chi connectivity index (χ0v) is 17.9. The monoisotopic (exact) mass is 401 g/mol. The Hall–Kier alpha value is -2.19. The zero-order valence-electron chi connectivity index (χ0n) is 17.1. The molecule has 152 valence electrons. The van der Waals surface area contributed by atoms with E-state index in [0.29, 0.717) is 0 Å². The lowest BCUT2D eigenvalue weighted by Crippen LogP contribution is -2.50. The van der Waals surface area contributed by atoms with Gasteiger partial charge >= 0.3 is 0 Å². The molecule has 1 fully saturated rings. The van der Waals surface area contributed by atoms with E-state index in [9.17, 15) is 0 Å². The summed E-state index contributed by atoms with van der Waals surface area (Å²) in [5, 5.41) is 9.04. The smallest absolute Gasteiger partial charge is 0.225 e. The van der Waals surface area contributed by atoms with Gasteiger partial charge in [-0.3, -0.25) is 9.89 Å². The van der Waals surface area contributed by atoms with Crippen LogP contribution in [0.2, 0.25) is 0 Å². The van der Waals surface area contributed by atoms with Gasteiger partial charge in [0.05, 0.1) is 0 Å². The van der Waals surface area contributed by atoms with Gasteiger partial charge in [-0.2, -0.15) is 0 Å². The van der Waals surface area contributed by atoms with Crippen LogP contribution in [-0.4, -0.2) is 73.7 Å². The molecule has 1 aliphatic heterocycles. The maximum atomic E-state index is 4.36. The third-order valence-electron chi connectivity index (χ3n) is 5.04. The number of nitrogens with zero attached hydrogens (tertiary/aromatic N) is 5. The van der Waals surface area contributed by atoms with Crippen molar-refractivity contribution >= 4 is 23.2 Å². The van der Waals surface area contributed by atoms with Crippen LogP contribution in [0.1, 0.15) is 18.7 Å². The van der Waals surface area contributed by atoms with Gasteiger partial charge in [0.1, 0.15) is 0 Å². The fourth-order valence-corrected chi connectivity index (χ4v) is 4.09. The first-order valence-corrected chi connectivity index (χ1v) is 10.7. The first kappa shape index (κ1) is 20.5. The number of aliphatic imine (C=N–C) groups is 1. The molecule has 0 bridgehead atoms. The normalized spacial score (nSPS) is 16.2. The van der Waals surface area contributed by atoms with Gasteiger partial charge in [-0.15, -0.1) is 11.3 Å². The summed E-state index contributed by atoms with van der Waals surface area (Å²) in [6, 6.07) is 6.16. The number of piperazine rings is 1. The third-order valence-corrected chi connectivity index (χ3v) is 6.27.